The van der Waals surface area contributed by atoms with Crippen molar-refractivity contribution in [3.63, 3.8) is 0 Å². The Hall–Kier alpha value is -3.27. The fraction of sp³-hybridized carbons (Fsp3) is 0.118. The maximum atomic E-state index is 12.1. The Balaban J connectivity index is 1.97. The van der Waals surface area contributed by atoms with E-state index in [-0.39, 0.29) is 0 Å². The molecule has 2 rings (SSSR count). The lowest BCUT2D eigenvalue weighted by atomic mass is 10.1. The third-order valence-electron chi connectivity index (χ3n) is 3.50. The number of phenols is 1. The molecule has 0 aliphatic heterocycles. The lowest BCUT2D eigenvalue weighted by molar-refractivity contribution is -0.385. The molecule has 10 heteroatoms. The van der Waals surface area contributed by atoms with Crippen molar-refractivity contribution in [1.29, 1.82) is 0 Å². The molecule has 0 aliphatic carbocycles. The van der Waals surface area contributed by atoms with Gasteiger partial charge in [-0.05, 0) is 47.1 Å². The molecule has 27 heavy (non-hydrogen) atoms. The van der Waals surface area contributed by atoms with Crippen molar-refractivity contribution in [2.45, 2.75) is 6.92 Å². The normalized spacial score (nSPS) is 11.8. The van der Waals surface area contributed by atoms with Gasteiger partial charge in [-0.3, -0.25) is 19.7 Å². The van der Waals surface area contributed by atoms with E-state index in [1.54, 1.807) is 24.3 Å². The van der Waals surface area contributed by atoms with Gasteiger partial charge in [-0.15, -0.1) is 0 Å². The highest BCUT2D eigenvalue weighted by atomic mass is 79.9. The fourth-order valence-corrected chi connectivity index (χ4v) is 2.34. The number of para-hydroxylation sites is 1. The average molecular weight is 435 g/mol. The number of phenolic OH excluding ortho intramolecular Hbond substituents is 1. The van der Waals surface area contributed by atoms with Crippen LogP contribution in [0.4, 0.5) is 11.4 Å². The highest BCUT2D eigenvalue weighted by molar-refractivity contribution is 9.10. The summed E-state index contributed by atoms with van der Waals surface area (Å²) in [5.41, 5.74) is 2.55. The van der Waals surface area contributed by atoms with E-state index in [1.165, 1.54) is 19.2 Å². The molecular formula is C17H15BrN4O5. The monoisotopic (exact) mass is 434 g/mol. The highest BCUT2D eigenvalue weighted by Crippen LogP contribution is 2.25. The van der Waals surface area contributed by atoms with Gasteiger partial charge in [-0.1, -0.05) is 12.1 Å². The number of halogens is 1. The molecule has 0 fully saturated rings. The number of benzene rings is 2. The molecule has 1 unspecified atom stereocenters. The molecular weight excluding hydrogens is 420 g/mol. The Morgan fingerprint density at radius 3 is 2.63 bits per heavy atom. The number of nitro groups is 1. The van der Waals surface area contributed by atoms with Crippen LogP contribution in [0, 0.1) is 16.0 Å². The van der Waals surface area contributed by atoms with E-state index in [1.807, 2.05) is 0 Å². The van der Waals surface area contributed by atoms with Crippen molar-refractivity contribution in [2.24, 2.45) is 11.0 Å². The number of nitrogens with zero attached hydrogens (tertiary/aromatic N) is 2. The molecule has 2 aromatic carbocycles. The molecule has 2 aromatic rings. The van der Waals surface area contributed by atoms with Crippen LogP contribution in [0.1, 0.15) is 12.5 Å². The molecule has 0 saturated carbocycles. The molecule has 0 bridgehead atoms. The molecule has 0 saturated heterocycles. The summed E-state index contributed by atoms with van der Waals surface area (Å²) >= 11 is 3.30. The Kier molecular flexibility index (Phi) is 6.61. The van der Waals surface area contributed by atoms with Gasteiger partial charge >= 0.3 is 5.69 Å². The van der Waals surface area contributed by atoms with E-state index in [0.29, 0.717) is 15.7 Å². The van der Waals surface area contributed by atoms with Crippen LogP contribution in [-0.2, 0) is 9.59 Å². The second-order valence-corrected chi connectivity index (χ2v) is 6.28. The van der Waals surface area contributed by atoms with Crippen LogP contribution in [0.2, 0.25) is 0 Å². The van der Waals surface area contributed by atoms with E-state index in [9.17, 15) is 24.8 Å². The first-order chi connectivity index (χ1) is 12.8. The van der Waals surface area contributed by atoms with Gasteiger partial charge in [0.15, 0.2) is 5.75 Å². The molecule has 140 valence electrons. The molecule has 0 heterocycles. The SMILES string of the molecule is CC(C(=O)N/N=C/c1ccc(O)c([N+](=O)[O-])c1)C(=O)Nc1ccccc1Br. The van der Waals surface area contributed by atoms with Gasteiger partial charge in [0, 0.05) is 16.1 Å². The Bertz CT molecular complexity index is 916. The standard InChI is InChI=1S/C17H15BrN4O5/c1-10(16(24)20-13-5-3-2-4-12(13)18)17(25)21-19-9-11-6-7-15(23)14(8-11)22(26)27/h2-10,23H,1H3,(H,20,24)(H,21,25)/b19-9+. The zero-order valence-corrected chi connectivity index (χ0v) is 15.6. The molecule has 0 spiro atoms. The Labute approximate surface area is 162 Å². The summed E-state index contributed by atoms with van der Waals surface area (Å²) in [6.45, 7) is 1.42. The maximum absolute atomic E-state index is 12.1. The molecule has 1 atom stereocenters. The molecule has 0 radical (unpaired) electrons. The minimum Gasteiger partial charge on any atom is -0.502 e. The largest absolute Gasteiger partial charge is 0.502 e. The van der Waals surface area contributed by atoms with Gasteiger partial charge in [0.2, 0.25) is 5.91 Å². The fourth-order valence-electron chi connectivity index (χ4n) is 1.96. The second kappa shape index (κ2) is 8.90. The molecule has 2 amide bonds. The minimum absolute atomic E-state index is 0.296. The number of aromatic hydroxyl groups is 1. The van der Waals surface area contributed by atoms with Crippen LogP contribution in [0.15, 0.2) is 52.0 Å². The van der Waals surface area contributed by atoms with E-state index in [0.717, 1.165) is 12.1 Å². The molecule has 9 nitrogen and oxygen atoms in total. The number of nitrogens with one attached hydrogen (secondary N) is 2. The molecule has 3 N–H and O–H groups in total. The lowest BCUT2D eigenvalue weighted by Crippen LogP contribution is -2.34. The topological polar surface area (TPSA) is 134 Å². The van der Waals surface area contributed by atoms with E-state index >= 15 is 0 Å². The summed E-state index contributed by atoms with van der Waals surface area (Å²) in [7, 11) is 0. The van der Waals surface area contributed by atoms with Gasteiger partial charge in [-0.25, -0.2) is 5.43 Å². The number of carbonyl (C=O) groups is 2. The first kappa shape index (κ1) is 20.0. The van der Waals surface area contributed by atoms with Crippen molar-refractivity contribution in [3.8, 4) is 5.75 Å². The van der Waals surface area contributed by atoms with Gasteiger partial charge in [0.25, 0.3) is 5.91 Å². The number of carbonyl (C=O) groups excluding carboxylic acids is 2. The summed E-state index contributed by atoms with van der Waals surface area (Å²) in [5, 5.41) is 26.5. The van der Waals surface area contributed by atoms with Gasteiger partial charge in [-0.2, -0.15) is 5.10 Å². The lowest BCUT2D eigenvalue weighted by Gasteiger charge is -2.11. The number of hydrazone groups is 1. The number of hydrogen-bond donors (Lipinski definition) is 3. The van der Waals surface area contributed by atoms with E-state index in [4.69, 9.17) is 0 Å². The summed E-state index contributed by atoms with van der Waals surface area (Å²) in [6.07, 6.45) is 1.17. The number of anilines is 1. The van der Waals surface area contributed by atoms with Crippen molar-refractivity contribution in [2.75, 3.05) is 5.32 Å². The average Bonchev–Trinajstić information content (AvgIpc) is 2.63. The second-order valence-electron chi connectivity index (χ2n) is 5.43. The van der Waals surface area contributed by atoms with Crippen LogP contribution in [0.5, 0.6) is 5.75 Å². The highest BCUT2D eigenvalue weighted by Gasteiger charge is 2.21. The summed E-state index contributed by atoms with van der Waals surface area (Å²) in [5.74, 6) is -2.67. The van der Waals surface area contributed by atoms with Crippen LogP contribution in [0.25, 0.3) is 0 Å². The van der Waals surface area contributed by atoms with Crippen LogP contribution in [-0.4, -0.2) is 28.1 Å². The third-order valence-corrected chi connectivity index (χ3v) is 4.19. The van der Waals surface area contributed by atoms with Crippen molar-refractivity contribution >= 4 is 45.3 Å². The van der Waals surface area contributed by atoms with Crippen molar-refractivity contribution in [3.05, 3.63) is 62.6 Å². The quantitative estimate of drug-likeness (QED) is 0.278. The Morgan fingerprint density at radius 1 is 1.26 bits per heavy atom. The zero-order valence-electron chi connectivity index (χ0n) is 14.0. The van der Waals surface area contributed by atoms with Gasteiger partial charge < -0.3 is 10.4 Å². The summed E-state index contributed by atoms with van der Waals surface area (Å²) in [4.78, 5) is 34.2. The zero-order chi connectivity index (χ0) is 20.0. The molecule has 0 aromatic heterocycles. The maximum Gasteiger partial charge on any atom is 0.311 e. The smallest absolute Gasteiger partial charge is 0.311 e. The third kappa shape index (κ3) is 5.35. The number of nitro benzene ring substituents is 1. The predicted molar refractivity (Wildman–Crippen MR) is 102 cm³/mol. The first-order valence-electron chi connectivity index (χ1n) is 7.65. The minimum atomic E-state index is -1.02. The van der Waals surface area contributed by atoms with Crippen LogP contribution >= 0.6 is 15.9 Å². The van der Waals surface area contributed by atoms with Crippen molar-refractivity contribution in [1.82, 2.24) is 5.43 Å². The van der Waals surface area contributed by atoms with E-state index < -0.39 is 34.1 Å². The summed E-state index contributed by atoms with van der Waals surface area (Å²) < 4.78 is 0.679. The number of rotatable bonds is 6. The predicted octanol–water partition coefficient (Wildman–Crippen LogP) is 2.79. The van der Waals surface area contributed by atoms with Crippen LogP contribution in [0.3, 0.4) is 0 Å². The number of hydrogen-bond acceptors (Lipinski definition) is 6. The van der Waals surface area contributed by atoms with E-state index in [2.05, 4.69) is 31.8 Å². The Morgan fingerprint density at radius 2 is 1.96 bits per heavy atom. The molecule has 0 aliphatic rings. The first-order valence-corrected chi connectivity index (χ1v) is 8.44. The van der Waals surface area contributed by atoms with Gasteiger partial charge in [0.05, 0.1) is 16.8 Å². The van der Waals surface area contributed by atoms with Crippen molar-refractivity contribution < 1.29 is 19.6 Å². The summed E-state index contributed by atoms with van der Waals surface area (Å²) in [6, 6.07) is 10.6. The number of amides is 2. The van der Waals surface area contributed by atoms with Crippen LogP contribution < -0.4 is 10.7 Å². The van der Waals surface area contributed by atoms with Gasteiger partial charge in [0.1, 0.15) is 5.92 Å².